The third kappa shape index (κ3) is 3.25. The normalized spacial score (nSPS) is 11.3. The average Bonchev–Trinajstić information content (AvgIpc) is 3.30. The van der Waals surface area contributed by atoms with Gasteiger partial charge in [0, 0.05) is 23.3 Å². The molecule has 0 amide bonds. The van der Waals surface area contributed by atoms with E-state index in [-0.39, 0.29) is 5.75 Å². The number of aromatic hydroxyl groups is 1. The van der Waals surface area contributed by atoms with Crippen molar-refractivity contribution in [1.82, 2.24) is 15.2 Å². The van der Waals surface area contributed by atoms with Crippen molar-refractivity contribution in [2.75, 3.05) is 0 Å². The first kappa shape index (κ1) is 16.9. The number of hydrogen-bond acceptors (Lipinski definition) is 7. The number of aryl methyl sites for hydroxylation is 1. The van der Waals surface area contributed by atoms with Gasteiger partial charge in [0.05, 0.1) is 4.88 Å². The molecule has 6 nitrogen and oxygen atoms in total. The number of aromatic amines is 1. The molecule has 26 heavy (non-hydrogen) atoms. The molecule has 0 saturated carbocycles. The van der Waals surface area contributed by atoms with Gasteiger partial charge in [-0.1, -0.05) is 24.8 Å². The minimum atomic E-state index is -0.439. The highest BCUT2D eigenvalue weighted by molar-refractivity contribution is 7.98. The molecule has 0 unspecified atom stereocenters. The largest absolute Gasteiger partial charge is 0.508 e. The maximum absolute atomic E-state index is 11.8. The molecule has 8 heteroatoms. The highest BCUT2D eigenvalue weighted by atomic mass is 32.2. The number of thiophene rings is 1. The summed E-state index contributed by atoms with van der Waals surface area (Å²) < 4.78 is 5.23. The molecule has 4 aromatic rings. The van der Waals surface area contributed by atoms with Gasteiger partial charge < -0.3 is 9.52 Å². The summed E-state index contributed by atoms with van der Waals surface area (Å²) in [5.41, 5.74) is 1.59. The van der Waals surface area contributed by atoms with Gasteiger partial charge in [0.25, 0.3) is 0 Å². The van der Waals surface area contributed by atoms with Gasteiger partial charge in [-0.3, -0.25) is 5.10 Å². The maximum atomic E-state index is 11.8. The second-order valence-electron chi connectivity index (χ2n) is 5.65. The van der Waals surface area contributed by atoms with E-state index in [0.29, 0.717) is 22.9 Å². The van der Waals surface area contributed by atoms with Crippen molar-refractivity contribution >= 4 is 34.1 Å². The molecule has 0 aliphatic rings. The number of H-pyrrole nitrogens is 1. The Kier molecular flexibility index (Phi) is 4.52. The lowest BCUT2D eigenvalue weighted by atomic mass is 10.1. The summed E-state index contributed by atoms with van der Waals surface area (Å²) in [7, 11) is 0. The topological polar surface area (TPSA) is 92.0 Å². The Balaban J connectivity index is 1.64. The fourth-order valence-electron chi connectivity index (χ4n) is 2.69. The molecule has 2 N–H and O–H groups in total. The Morgan fingerprint density at radius 2 is 2.19 bits per heavy atom. The van der Waals surface area contributed by atoms with Crippen LogP contribution < -0.4 is 5.63 Å². The van der Waals surface area contributed by atoms with E-state index in [9.17, 15) is 9.90 Å². The maximum Gasteiger partial charge on any atom is 0.336 e. The van der Waals surface area contributed by atoms with Crippen molar-refractivity contribution in [2.24, 2.45) is 0 Å². The molecule has 0 aliphatic carbocycles. The fraction of sp³-hybridized carbons (Fsp3) is 0.167. The van der Waals surface area contributed by atoms with Crippen LogP contribution in [0, 0.1) is 0 Å². The van der Waals surface area contributed by atoms with E-state index >= 15 is 0 Å². The molecular formula is C18H15N3O3S2. The highest BCUT2D eigenvalue weighted by Gasteiger charge is 2.12. The molecule has 0 aliphatic heterocycles. The van der Waals surface area contributed by atoms with E-state index < -0.39 is 5.63 Å². The molecule has 0 bridgehead atoms. The molecule has 1 aromatic carbocycles. The van der Waals surface area contributed by atoms with Crippen LogP contribution in [0.1, 0.15) is 18.1 Å². The second kappa shape index (κ2) is 6.97. The number of benzene rings is 1. The van der Waals surface area contributed by atoms with E-state index in [1.54, 1.807) is 11.3 Å². The number of aromatic nitrogens is 3. The lowest BCUT2D eigenvalue weighted by Gasteiger charge is -2.07. The third-order valence-electron chi connectivity index (χ3n) is 3.99. The first-order valence-corrected chi connectivity index (χ1v) is 9.88. The number of rotatable bonds is 5. The monoisotopic (exact) mass is 385 g/mol. The van der Waals surface area contributed by atoms with Crippen LogP contribution in [-0.2, 0) is 12.2 Å². The predicted octanol–water partition coefficient (Wildman–Crippen LogP) is 4.20. The quantitative estimate of drug-likeness (QED) is 0.395. The highest BCUT2D eigenvalue weighted by Crippen LogP contribution is 2.30. The minimum Gasteiger partial charge on any atom is -0.508 e. The molecule has 0 spiro atoms. The number of thioether (sulfide) groups is 1. The van der Waals surface area contributed by atoms with Crippen molar-refractivity contribution < 1.29 is 9.52 Å². The van der Waals surface area contributed by atoms with Crippen LogP contribution in [-0.4, -0.2) is 20.3 Å². The standard InChI is InChI=1S/C18H15N3O3S2/c1-2-10-6-12-11(7-16(23)24-14(12)8-13(10)22)9-26-18-19-17(20-21-18)15-4-3-5-25-15/h3-8,22H,2,9H2,1H3,(H,19,20,21). The van der Waals surface area contributed by atoms with Gasteiger partial charge >= 0.3 is 5.63 Å². The summed E-state index contributed by atoms with van der Waals surface area (Å²) in [6.07, 6.45) is 0.693. The summed E-state index contributed by atoms with van der Waals surface area (Å²) in [4.78, 5) is 17.4. The summed E-state index contributed by atoms with van der Waals surface area (Å²) in [6.45, 7) is 1.97. The van der Waals surface area contributed by atoms with Gasteiger partial charge in [-0.25, -0.2) is 9.78 Å². The van der Waals surface area contributed by atoms with Crippen molar-refractivity contribution in [2.45, 2.75) is 24.3 Å². The molecular weight excluding hydrogens is 370 g/mol. The Hall–Kier alpha value is -2.58. The Bertz CT molecular complexity index is 1120. The van der Waals surface area contributed by atoms with Crippen molar-refractivity contribution in [1.29, 1.82) is 0 Å². The lowest BCUT2D eigenvalue weighted by molar-refractivity contribution is 0.466. The van der Waals surface area contributed by atoms with Crippen LogP contribution in [0.15, 0.2) is 50.1 Å². The zero-order valence-electron chi connectivity index (χ0n) is 13.9. The third-order valence-corrected chi connectivity index (χ3v) is 5.76. The molecule has 0 fully saturated rings. The van der Waals surface area contributed by atoms with Gasteiger partial charge in [0.15, 0.2) is 5.82 Å². The van der Waals surface area contributed by atoms with Crippen molar-refractivity contribution in [3.05, 3.63) is 57.3 Å². The van der Waals surface area contributed by atoms with E-state index in [2.05, 4.69) is 15.2 Å². The Morgan fingerprint density at radius 1 is 1.31 bits per heavy atom. The number of nitrogens with one attached hydrogen (secondary N) is 1. The molecule has 4 rings (SSSR count). The van der Waals surface area contributed by atoms with Crippen molar-refractivity contribution in [3.8, 4) is 16.5 Å². The fourth-order valence-corrected chi connectivity index (χ4v) is 4.14. The molecule has 0 atom stereocenters. The number of nitrogens with zero attached hydrogens (tertiary/aromatic N) is 2. The average molecular weight is 385 g/mol. The van der Waals surface area contributed by atoms with Crippen LogP contribution in [0.4, 0.5) is 0 Å². The second-order valence-corrected chi connectivity index (χ2v) is 7.54. The van der Waals surface area contributed by atoms with E-state index in [0.717, 1.165) is 27.2 Å². The molecule has 132 valence electrons. The summed E-state index contributed by atoms with van der Waals surface area (Å²) in [6, 6.07) is 8.81. The van der Waals surface area contributed by atoms with Crippen LogP contribution in [0.2, 0.25) is 0 Å². The van der Waals surface area contributed by atoms with Gasteiger partial charge in [0.1, 0.15) is 11.3 Å². The molecule has 0 saturated heterocycles. The SMILES string of the molecule is CCc1cc2c(CSc3n[nH]c(-c4cccs4)n3)cc(=O)oc2cc1O. The number of fused-ring (bicyclic) bond motifs is 1. The zero-order valence-corrected chi connectivity index (χ0v) is 15.5. The Labute approximate surface area is 156 Å². The molecule has 3 aromatic heterocycles. The van der Waals surface area contributed by atoms with Crippen LogP contribution in [0.25, 0.3) is 21.7 Å². The Morgan fingerprint density at radius 3 is 2.96 bits per heavy atom. The van der Waals surface area contributed by atoms with Crippen molar-refractivity contribution in [3.63, 3.8) is 0 Å². The first-order valence-electron chi connectivity index (χ1n) is 8.01. The molecule has 3 heterocycles. The summed E-state index contributed by atoms with van der Waals surface area (Å²) >= 11 is 3.03. The first-order chi connectivity index (χ1) is 12.6. The zero-order chi connectivity index (χ0) is 18.1. The van der Waals surface area contributed by atoms with Crippen LogP contribution in [0.3, 0.4) is 0 Å². The molecule has 0 radical (unpaired) electrons. The van der Waals surface area contributed by atoms with E-state index in [1.807, 2.05) is 30.5 Å². The van der Waals surface area contributed by atoms with E-state index in [1.165, 1.54) is 23.9 Å². The van der Waals surface area contributed by atoms with Crippen LogP contribution in [0.5, 0.6) is 5.75 Å². The van der Waals surface area contributed by atoms with Crippen LogP contribution >= 0.6 is 23.1 Å². The van der Waals surface area contributed by atoms with Gasteiger partial charge in [-0.2, -0.15) is 0 Å². The number of hydrogen-bond donors (Lipinski definition) is 2. The predicted molar refractivity (Wildman–Crippen MR) is 103 cm³/mol. The lowest BCUT2D eigenvalue weighted by Crippen LogP contribution is -2.00. The number of phenols is 1. The summed E-state index contributed by atoms with van der Waals surface area (Å²) in [5.74, 6) is 1.40. The number of phenolic OH excluding ortho intramolecular Hbond substituents is 1. The minimum absolute atomic E-state index is 0.141. The van der Waals surface area contributed by atoms with Gasteiger partial charge in [-0.05, 0) is 35.1 Å². The smallest absolute Gasteiger partial charge is 0.336 e. The van der Waals surface area contributed by atoms with Gasteiger partial charge in [-0.15, -0.1) is 16.4 Å². The summed E-state index contributed by atoms with van der Waals surface area (Å²) in [5, 5.41) is 20.6. The van der Waals surface area contributed by atoms with E-state index in [4.69, 9.17) is 4.42 Å². The van der Waals surface area contributed by atoms with Gasteiger partial charge in [0.2, 0.25) is 5.16 Å².